The van der Waals surface area contributed by atoms with E-state index >= 15 is 0 Å². The molecule has 0 bridgehead atoms. The largest absolute Gasteiger partial charge is 0.496 e. The third-order valence-electron chi connectivity index (χ3n) is 3.67. The smallest absolute Gasteiger partial charge is 0.335 e. The number of aromatic carboxylic acids is 1. The van der Waals surface area contributed by atoms with Gasteiger partial charge in [0.15, 0.2) is 0 Å². The van der Waals surface area contributed by atoms with Crippen LogP contribution in [0.25, 0.3) is 0 Å². The molecule has 0 saturated heterocycles. The number of hydrogen-bond donors (Lipinski definition) is 1. The Morgan fingerprint density at radius 3 is 2.45 bits per heavy atom. The minimum absolute atomic E-state index is 0.219. The number of carboxylic acid groups (broad SMARTS) is 1. The second kappa shape index (κ2) is 6.52. The molecular weight excluding hydrogens is 280 g/mol. The van der Waals surface area contributed by atoms with E-state index in [1.54, 1.807) is 19.2 Å². The monoisotopic (exact) mass is 300 g/mol. The number of aryl methyl sites for hydroxylation is 2. The lowest BCUT2D eigenvalue weighted by molar-refractivity contribution is 0.0696. The van der Waals surface area contributed by atoms with E-state index < -0.39 is 5.97 Å². The zero-order chi connectivity index (χ0) is 16.3. The SMILES string of the molecule is COc1ccc(C(=O)O)cc1COc1cc(C)cc(C)c1C. The van der Waals surface area contributed by atoms with Gasteiger partial charge in [-0.2, -0.15) is 0 Å². The van der Waals surface area contributed by atoms with E-state index in [0.29, 0.717) is 11.3 Å². The Morgan fingerprint density at radius 2 is 1.82 bits per heavy atom. The standard InChI is InChI=1S/C18H20O4/c1-11-7-12(2)13(3)17(8-11)22-10-15-9-14(18(19)20)5-6-16(15)21-4/h5-9H,10H2,1-4H3,(H,19,20). The molecule has 1 N–H and O–H groups in total. The van der Waals surface area contributed by atoms with Gasteiger partial charge in [0.2, 0.25) is 0 Å². The molecule has 4 nitrogen and oxygen atoms in total. The summed E-state index contributed by atoms with van der Waals surface area (Å²) in [5.41, 5.74) is 4.31. The highest BCUT2D eigenvalue weighted by Crippen LogP contribution is 2.26. The molecule has 0 aromatic heterocycles. The van der Waals surface area contributed by atoms with Crippen LogP contribution in [-0.4, -0.2) is 18.2 Å². The predicted molar refractivity (Wildman–Crippen MR) is 84.9 cm³/mol. The van der Waals surface area contributed by atoms with Gasteiger partial charge in [0, 0.05) is 5.56 Å². The van der Waals surface area contributed by atoms with E-state index in [0.717, 1.165) is 16.9 Å². The second-order valence-corrected chi connectivity index (χ2v) is 5.33. The first-order valence-electron chi connectivity index (χ1n) is 7.03. The molecule has 0 aliphatic rings. The fourth-order valence-corrected chi connectivity index (χ4v) is 2.33. The van der Waals surface area contributed by atoms with Crippen molar-refractivity contribution in [3.63, 3.8) is 0 Å². The molecule has 0 aliphatic carbocycles. The highest BCUT2D eigenvalue weighted by atomic mass is 16.5. The normalized spacial score (nSPS) is 10.4. The highest BCUT2D eigenvalue weighted by molar-refractivity contribution is 5.88. The highest BCUT2D eigenvalue weighted by Gasteiger charge is 2.11. The zero-order valence-electron chi connectivity index (χ0n) is 13.3. The molecule has 0 radical (unpaired) electrons. The summed E-state index contributed by atoms with van der Waals surface area (Å²) in [6, 6.07) is 8.84. The molecule has 0 atom stereocenters. The molecule has 116 valence electrons. The van der Waals surface area contributed by atoms with Gasteiger partial charge in [0.1, 0.15) is 18.1 Å². The Kier molecular flexibility index (Phi) is 4.71. The van der Waals surface area contributed by atoms with E-state index in [-0.39, 0.29) is 12.2 Å². The van der Waals surface area contributed by atoms with Crippen molar-refractivity contribution in [2.24, 2.45) is 0 Å². The molecule has 2 aromatic carbocycles. The average molecular weight is 300 g/mol. The van der Waals surface area contributed by atoms with Gasteiger partial charge in [0.25, 0.3) is 0 Å². The number of rotatable bonds is 5. The number of hydrogen-bond acceptors (Lipinski definition) is 3. The molecule has 4 heteroatoms. The maximum absolute atomic E-state index is 11.1. The van der Waals surface area contributed by atoms with Gasteiger partial charge >= 0.3 is 5.97 Å². The van der Waals surface area contributed by atoms with E-state index in [2.05, 4.69) is 6.07 Å². The predicted octanol–water partition coefficient (Wildman–Crippen LogP) is 3.90. The third kappa shape index (κ3) is 3.39. The molecular formula is C18H20O4. The first kappa shape index (κ1) is 15.9. The number of carboxylic acids is 1. The van der Waals surface area contributed by atoms with Gasteiger partial charge in [-0.1, -0.05) is 6.07 Å². The Labute approximate surface area is 130 Å². The van der Waals surface area contributed by atoms with E-state index in [1.807, 2.05) is 26.8 Å². The van der Waals surface area contributed by atoms with Gasteiger partial charge in [0.05, 0.1) is 12.7 Å². The Hall–Kier alpha value is -2.49. The van der Waals surface area contributed by atoms with Crippen LogP contribution in [0, 0.1) is 20.8 Å². The molecule has 0 aliphatic heterocycles. The van der Waals surface area contributed by atoms with Crippen molar-refractivity contribution in [2.45, 2.75) is 27.4 Å². The Balaban J connectivity index is 2.28. The van der Waals surface area contributed by atoms with Crippen LogP contribution in [0.1, 0.15) is 32.6 Å². The van der Waals surface area contributed by atoms with Crippen molar-refractivity contribution < 1.29 is 19.4 Å². The van der Waals surface area contributed by atoms with Crippen molar-refractivity contribution in [3.05, 3.63) is 58.1 Å². The first-order valence-corrected chi connectivity index (χ1v) is 7.03. The molecule has 0 unspecified atom stereocenters. The molecule has 0 fully saturated rings. The Bertz CT molecular complexity index is 704. The van der Waals surface area contributed by atoms with Crippen LogP contribution in [0.4, 0.5) is 0 Å². The maximum Gasteiger partial charge on any atom is 0.335 e. The van der Waals surface area contributed by atoms with Crippen LogP contribution in [-0.2, 0) is 6.61 Å². The number of benzene rings is 2. The summed E-state index contributed by atoms with van der Waals surface area (Å²) in [6.07, 6.45) is 0. The number of ether oxygens (including phenoxy) is 2. The lowest BCUT2D eigenvalue weighted by Crippen LogP contribution is -2.04. The topological polar surface area (TPSA) is 55.8 Å². The van der Waals surface area contributed by atoms with Gasteiger partial charge < -0.3 is 14.6 Å². The molecule has 0 amide bonds. The fourth-order valence-electron chi connectivity index (χ4n) is 2.33. The summed E-state index contributed by atoms with van der Waals surface area (Å²) in [5.74, 6) is 0.457. The molecule has 2 rings (SSSR count). The molecule has 2 aromatic rings. The minimum atomic E-state index is -0.966. The summed E-state index contributed by atoms with van der Waals surface area (Å²) in [4.78, 5) is 11.1. The van der Waals surface area contributed by atoms with E-state index in [9.17, 15) is 4.79 Å². The van der Waals surface area contributed by atoms with Crippen LogP contribution in [0.3, 0.4) is 0 Å². The van der Waals surface area contributed by atoms with Crippen molar-refractivity contribution in [1.29, 1.82) is 0 Å². The number of methoxy groups -OCH3 is 1. The molecule has 0 heterocycles. The third-order valence-corrected chi connectivity index (χ3v) is 3.67. The van der Waals surface area contributed by atoms with Gasteiger partial charge in [-0.15, -0.1) is 0 Å². The second-order valence-electron chi connectivity index (χ2n) is 5.33. The van der Waals surface area contributed by atoms with E-state index in [1.165, 1.54) is 11.6 Å². The van der Waals surface area contributed by atoms with Crippen molar-refractivity contribution in [2.75, 3.05) is 7.11 Å². The van der Waals surface area contributed by atoms with Crippen LogP contribution in [0.15, 0.2) is 30.3 Å². The number of carbonyl (C=O) groups is 1. The van der Waals surface area contributed by atoms with Crippen molar-refractivity contribution in [3.8, 4) is 11.5 Å². The summed E-state index contributed by atoms with van der Waals surface area (Å²) in [5, 5.41) is 9.09. The Morgan fingerprint density at radius 1 is 1.09 bits per heavy atom. The van der Waals surface area contributed by atoms with Crippen molar-refractivity contribution >= 4 is 5.97 Å². The average Bonchev–Trinajstić information content (AvgIpc) is 2.48. The quantitative estimate of drug-likeness (QED) is 0.910. The maximum atomic E-state index is 11.1. The lowest BCUT2D eigenvalue weighted by Gasteiger charge is -2.14. The van der Waals surface area contributed by atoms with Crippen LogP contribution >= 0.6 is 0 Å². The molecule has 0 spiro atoms. The summed E-state index contributed by atoms with van der Waals surface area (Å²) in [7, 11) is 1.56. The van der Waals surface area contributed by atoms with Crippen LogP contribution in [0.2, 0.25) is 0 Å². The zero-order valence-corrected chi connectivity index (χ0v) is 13.3. The fraction of sp³-hybridized carbons (Fsp3) is 0.278. The van der Waals surface area contributed by atoms with Gasteiger partial charge in [-0.05, 0) is 61.7 Å². The minimum Gasteiger partial charge on any atom is -0.496 e. The molecule has 22 heavy (non-hydrogen) atoms. The summed E-state index contributed by atoms with van der Waals surface area (Å²) >= 11 is 0. The van der Waals surface area contributed by atoms with Crippen molar-refractivity contribution in [1.82, 2.24) is 0 Å². The first-order chi connectivity index (χ1) is 10.4. The van der Waals surface area contributed by atoms with Crippen LogP contribution in [0.5, 0.6) is 11.5 Å². The van der Waals surface area contributed by atoms with Gasteiger partial charge in [-0.25, -0.2) is 4.79 Å². The van der Waals surface area contributed by atoms with Gasteiger partial charge in [-0.3, -0.25) is 0 Å². The summed E-state index contributed by atoms with van der Waals surface area (Å²) < 4.78 is 11.2. The lowest BCUT2D eigenvalue weighted by atomic mass is 10.1. The molecule has 0 saturated carbocycles. The van der Waals surface area contributed by atoms with Crippen LogP contribution < -0.4 is 9.47 Å². The summed E-state index contributed by atoms with van der Waals surface area (Å²) in [6.45, 7) is 6.33. The van der Waals surface area contributed by atoms with E-state index in [4.69, 9.17) is 14.6 Å².